The van der Waals surface area contributed by atoms with Gasteiger partial charge in [0, 0.05) is 6.21 Å². The van der Waals surface area contributed by atoms with Crippen molar-refractivity contribution >= 4 is 6.21 Å². The summed E-state index contributed by atoms with van der Waals surface area (Å²) in [6.45, 7) is 12.0. The molecular formula is C16H21N. The van der Waals surface area contributed by atoms with Gasteiger partial charge in [-0.2, -0.15) is 0 Å². The molecule has 0 rings (SSSR count). The maximum absolute atomic E-state index is 4.37. The standard InChI is InChI=1S/C16H21N/c1-5-9-11-15(7-3)13-17-14-16(8-4)12-10-6-2/h5-12,14H,1,4,13H2,2-3H3/b10-6-,11-9-,15-7+,16-12+,17-14+. The van der Waals surface area contributed by atoms with Crippen molar-refractivity contribution in [3.8, 4) is 0 Å². The molecule has 0 atom stereocenters. The van der Waals surface area contributed by atoms with Crippen LogP contribution in [0.15, 0.2) is 77.9 Å². The van der Waals surface area contributed by atoms with Crippen LogP contribution in [0.1, 0.15) is 13.8 Å². The molecule has 0 unspecified atom stereocenters. The van der Waals surface area contributed by atoms with Crippen LogP contribution in [0.2, 0.25) is 0 Å². The Morgan fingerprint density at radius 2 is 1.94 bits per heavy atom. The molecule has 0 saturated heterocycles. The van der Waals surface area contributed by atoms with Crippen molar-refractivity contribution in [1.82, 2.24) is 0 Å². The Bertz CT molecular complexity index is 376. The molecule has 0 aromatic carbocycles. The highest BCUT2D eigenvalue weighted by atomic mass is 14.7. The predicted molar refractivity (Wildman–Crippen MR) is 79.5 cm³/mol. The van der Waals surface area contributed by atoms with Gasteiger partial charge in [0.05, 0.1) is 6.54 Å². The lowest BCUT2D eigenvalue weighted by atomic mass is 10.2. The number of allylic oxidation sites excluding steroid dienone is 8. The molecule has 0 fully saturated rings. The van der Waals surface area contributed by atoms with E-state index in [0.717, 1.165) is 11.1 Å². The normalized spacial score (nSPS) is 14.0. The first kappa shape index (κ1) is 15.1. The van der Waals surface area contributed by atoms with Gasteiger partial charge in [0.2, 0.25) is 0 Å². The summed E-state index contributed by atoms with van der Waals surface area (Å²) in [5, 5.41) is 0. The Hall–Kier alpha value is -1.89. The van der Waals surface area contributed by atoms with Gasteiger partial charge in [-0.3, -0.25) is 4.99 Å². The van der Waals surface area contributed by atoms with E-state index in [0.29, 0.717) is 6.54 Å². The van der Waals surface area contributed by atoms with Crippen LogP contribution in [0.5, 0.6) is 0 Å². The summed E-state index contributed by atoms with van der Waals surface area (Å²) in [5.74, 6) is 0. The molecule has 90 valence electrons. The van der Waals surface area contributed by atoms with Crippen LogP contribution in [0.3, 0.4) is 0 Å². The van der Waals surface area contributed by atoms with Gasteiger partial charge in [0.25, 0.3) is 0 Å². The zero-order valence-corrected chi connectivity index (χ0v) is 10.8. The molecular weight excluding hydrogens is 206 g/mol. The highest BCUT2D eigenvalue weighted by Crippen LogP contribution is 1.99. The van der Waals surface area contributed by atoms with Crippen molar-refractivity contribution in [2.45, 2.75) is 13.8 Å². The van der Waals surface area contributed by atoms with Gasteiger partial charge >= 0.3 is 0 Å². The number of aliphatic imine (C=N–C) groups is 1. The second kappa shape index (κ2) is 10.6. The highest BCUT2D eigenvalue weighted by molar-refractivity contribution is 5.82. The summed E-state index contributed by atoms with van der Waals surface area (Å²) in [6, 6.07) is 0. The third-order valence-electron chi connectivity index (χ3n) is 2.05. The van der Waals surface area contributed by atoms with Crippen LogP contribution in [0, 0.1) is 0 Å². The van der Waals surface area contributed by atoms with Crippen molar-refractivity contribution in [1.29, 1.82) is 0 Å². The second-order valence-electron chi connectivity index (χ2n) is 3.32. The minimum atomic E-state index is 0.669. The third-order valence-corrected chi connectivity index (χ3v) is 2.05. The van der Waals surface area contributed by atoms with Gasteiger partial charge in [0.15, 0.2) is 0 Å². The lowest BCUT2D eigenvalue weighted by molar-refractivity contribution is 1.18. The van der Waals surface area contributed by atoms with E-state index >= 15 is 0 Å². The van der Waals surface area contributed by atoms with Gasteiger partial charge in [-0.1, -0.05) is 61.8 Å². The predicted octanol–water partition coefficient (Wildman–Crippen LogP) is 4.43. The Morgan fingerprint density at radius 1 is 1.18 bits per heavy atom. The quantitative estimate of drug-likeness (QED) is 0.450. The Kier molecular flexibility index (Phi) is 9.44. The van der Waals surface area contributed by atoms with E-state index in [1.807, 2.05) is 56.5 Å². The van der Waals surface area contributed by atoms with E-state index < -0.39 is 0 Å². The van der Waals surface area contributed by atoms with E-state index in [-0.39, 0.29) is 0 Å². The van der Waals surface area contributed by atoms with E-state index in [9.17, 15) is 0 Å². The van der Waals surface area contributed by atoms with Gasteiger partial charge in [-0.25, -0.2) is 0 Å². The van der Waals surface area contributed by atoms with Crippen LogP contribution in [0.4, 0.5) is 0 Å². The van der Waals surface area contributed by atoms with Crippen molar-refractivity contribution < 1.29 is 0 Å². The van der Waals surface area contributed by atoms with Crippen LogP contribution < -0.4 is 0 Å². The SMILES string of the molecule is C=C/C=C\C(=C/C)C/N=C/C(C=C)=C/C=C\C. The van der Waals surface area contributed by atoms with Crippen LogP contribution in [-0.2, 0) is 0 Å². The largest absolute Gasteiger partial charge is 0.288 e. The third kappa shape index (κ3) is 7.97. The summed E-state index contributed by atoms with van der Waals surface area (Å²) in [6.07, 6.45) is 17.3. The molecule has 0 aromatic rings. The molecule has 0 aromatic heterocycles. The van der Waals surface area contributed by atoms with Crippen LogP contribution in [0.25, 0.3) is 0 Å². The molecule has 0 amide bonds. The molecule has 17 heavy (non-hydrogen) atoms. The first-order valence-electron chi connectivity index (χ1n) is 5.68. The topological polar surface area (TPSA) is 12.4 Å². The average molecular weight is 227 g/mol. The first-order chi connectivity index (χ1) is 8.28. The maximum atomic E-state index is 4.37. The van der Waals surface area contributed by atoms with Crippen molar-refractivity contribution in [2.24, 2.45) is 4.99 Å². The molecule has 0 N–H and O–H groups in total. The smallest absolute Gasteiger partial charge is 0.0636 e. The minimum absolute atomic E-state index is 0.669. The fourth-order valence-corrected chi connectivity index (χ4v) is 1.06. The van der Waals surface area contributed by atoms with Crippen LogP contribution >= 0.6 is 0 Å². The molecule has 0 saturated carbocycles. The van der Waals surface area contributed by atoms with Crippen molar-refractivity contribution in [2.75, 3.05) is 6.54 Å². The summed E-state index contributed by atoms with van der Waals surface area (Å²) >= 11 is 0. The zero-order valence-electron chi connectivity index (χ0n) is 10.8. The highest BCUT2D eigenvalue weighted by Gasteiger charge is 1.87. The van der Waals surface area contributed by atoms with Crippen LogP contribution in [-0.4, -0.2) is 12.8 Å². The monoisotopic (exact) mass is 227 g/mol. The number of rotatable bonds is 7. The van der Waals surface area contributed by atoms with E-state index in [2.05, 4.69) is 18.2 Å². The fourth-order valence-electron chi connectivity index (χ4n) is 1.06. The summed E-state index contributed by atoms with van der Waals surface area (Å²) < 4.78 is 0. The van der Waals surface area contributed by atoms with E-state index in [1.165, 1.54) is 0 Å². The number of hydrogen-bond donors (Lipinski definition) is 0. The molecule has 0 aliphatic carbocycles. The van der Waals surface area contributed by atoms with Gasteiger partial charge in [-0.05, 0) is 25.0 Å². The Labute approximate surface area is 105 Å². The molecule has 0 heterocycles. The van der Waals surface area contributed by atoms with E-state index in [1.54, 1.807) is 12.2 Å². The molecule has 0 spiro atoms. The minimum Gasteiger partial charge on any atom is -0.288 e. The molecule has 1 heteroatoms. The van der Waals surface area contributed by atoms with Crippen molar-refractivity contribution in [3.05, 3.63) is 72.9 Å². The Balaban J connectivity index is 4.47. The molecule has 0 bridgehead atoms. The van der Waals surface area contributed by atoms with Gasteiger partial charge < -0.3 is 0 Å². The molecule has 0 radical (unpaired) electrons. The maximum Gasteiger partial charge on any atom is 0.0636 e. The lowest BCUT2D eigenvalue weighted by Gasteiger charge is -1.95. The zero-order chi connectivity index (χ0) is 12.9. The lowest BCUT2D eigenvalue weighted by Crippen LogP contribution is -1.87. The average Bonchev–Trinajstić information content (AvgIpc) is 2.37. The second-order valence-corrected chi connectivity index (χ2v) is 3.32. The summed E-state index contributed by atoms with van der Waals surface area (Å²) in [4.78, 5) is 4.37. The van der Waals surface area contributed by atoms with Gasteiger partial charge in [-0.15, -0.1) is 0 Å². The van der Waals surface area contributed by atoms with Crippen molar-refractivity contribution in [3.63, 3.8) is 0 Å². The fraction of sp³-hybridized carbons (Fsp3) is 0.188. The summed E-state index contributed by atoms with van der Waals surface area (Å²) in [7, 11) is 0. The molecule has 1 nitrogen and oxygen atoms in total. The number of hydrogen-bond acceptors (Lipinski definition) is 1. The Morgan fingerprint density at radius 3 is 2.47 bits per heavy atom. The molecule has 0 aliphatic rings. The first-order valence-corrected chi connectivity index (χ1v) is 5.68. The molecule has 0 aliphatic heterocycles. The van der Waals surface area contributed by atoms with Gasteiger partial charge in [0.1, 0.15) is 0 Å². The summed E-state index contributed by atoms with van der Waals surface area (Å²) in [5.41, 5.74) is 2.17. The number of nitrogens with zero attached hydrogens (tertiary/aromatic N) is 1. The van der Waals surface area contributed by atoms with E-state index in [4.69, 9.17) is 0 Å².